The van der Waals surface area contributed by atoms with E-state index in [-0.39, 0.29) is 28.8 Å². The smallest absolute Gasteiger partial charge is 0.264 e. The molecule has 0 aliphatic heterocycles. The van der Waals surface area contributed by atoms with Crippen LogP contribution in [0.25, 0.3) is 0 Å². The number of amides is 2. The molecular weight excluding hydrogens is 601 g/mol. The van der Waals surface area contributed by atoms with E-state index in [9.17, 15) is 18.0 Å². The summed E-state index contributed by atoms with van der Waals surface area (Å²) in [5.74, 6) is -0.398. The number of hydrogen-bond donors (Lipinski definition) is 1. The molecule has 0 aliphatic carbocycles. The van der Waals surface area contributed by atoms with Gasteiger partial charge in [0.1, 0.15) is 12.6 Å². The maximum atomic E-state index is 14.0. The molecular formula is C30H35Cl2N3O6S. The van der Waals surface area contributed by atoms with Gasteiger partial charge in [-0.3, -0.25) is 13.9 Å². The average molecular weight is 637 g/mol. The minimum absolute atomic E-state index is 0.0454. The molecule has 0 saturated heterocycles. The first-order valence-corrected chi connectivity index (χ1v) is 15.5. The highest BCUT2D eigenvalue weighted by molar-refractivity contribution is 7.92. The Balaban J connectivity index is 2.04. The Morgan fingerprint density at radius 1 is 0.952 bits per heavy atom. The van der Waals surface area contributed by atoms with E-state index in [2.05, 4.69) is 5.32 Å². The number of carbonyl (C=O) groups is 2. The molecule has 226 valence electrons. The van der Waals surface area contributed by atoms with Crippen molar-refractivity contribution in [2.45, 2.75) is 44.2 Å². The van der Waals surface area contributed by atoms with Crippen molar-refractivity contribution in [1.29, 1.82) is 0 Å². The molecule has 3 rings (SSSR count). The molecule has 12 heteroatoms. The van der Waals surface area contributed by atoms with Crippen molar-refractivity contribution in [2.75, 3.05) is 31.6 Å². The average Bonchev–Trinajstić information content (AvgIpc) is 2.99. The number of anilines is 1. The molecule has 0 aliphatic rings. The molecule has 2 amide bonds. The predicted molar refractivity (Wildman–Crippen MR) is 165 cm³/mol. The monoisotopic (exact) mass is 635 g/mol. The first-order valence-electron chi connectivity index (χ1n) is 13.3. The van der Waals surface area contributed by atoms with Crippen molar-refractivity contribution >= 4 is 50.7 Å². The number of sulfonamides is 1. The van der Waals surface area contributed by atoms with Gasteiger partial charge in [-0.15, -0.1) is 0 Å². The summed E-state index contributed by atoms with van der Waals surface area (Å²) in [5.41, 5.74) is 0.821. The van der Waals surface area contributed by atoms with Crippen molar-refractivity contribution in [2.24, 2.45) is 0 Å². The number of nitrogens with zero attached hydrogens (tertiary/aromatic N) is 2. The van der Waals surface area contributed by atoms with Gasteiger partial charge in [0.25, 0.3) is 10.0 Å². The van der Waals surface area contributed by atoms with Crippen LogP contribution in [0.15, 0.2) is 71.6 Å². The van der Waals surface area contributed by atoms with Crippen molar-refractivity contribution in [3.05, 3.63) is 82.3 Å². The second kappa shape index (κ2) is 15.1. The molecule has 1 atom stereocenters. The number of rotatable bonds is 14. The second-order valence-corrected chi connectivity index (χ2v) is 12.1. The van der Waals surface area contributed by atoms with Crippen LogP contribution >= 0.6 is 23.2 Å². The number of methoxy groups -OCH3 is 2. The lowest BCUT2D eigenvalue weighted by Crippen LogP contribution is -2.51. The highest BCUT2D eigenvalue weighted by Crippen LogP contribution is 2.32. The molecule has 0 aromatic heterocycles. The van der Waals surface area contributed by atoms with Gasteiger partial charge < -0.3 is 19.7 Å². The summed E-state index contributed by atoms with van der Waals surface area (Å²) in [4.78, 5) is 28.3. The first kappa shape index (κ1) is 33.0. The van der Waals surface area contributed by atoms with E-state index in [1.165, 1.54) is 37.3 Å². The Morgan fingerprint density at radius 3 is 2.26 bits per heavy atom. The molecule has 0 bridgehead atoms. The quantitative estimate of drug-likeness (QED) is 0.233. The van der Waals surface area contributed by atoms with E-state index >= 15 is 0 Å². The van der Waals surface area contributed by atoms with E-state index < -0.39 is 28.5 Å². The lowest BCUT2D eigenvalue weighted by Gasteiger charge is -2.32. The van der Waals surface area contributed by atoms with Crippen LogP contribution in [0.5, 0.6) is 11.5 Å². The van der Waals surface area contributed by atoms with Gasteiger partial charge in [-0.2, -0.15) is 0 Å². The largest absolute Gasteiger partial charge is 0.493 e. The summed E-state index contributed by atoms with van der Waals surface area (Å²) in [6.07, 6.45) is 1.67. The molecule has 9 nitrogen and oxygen atoms in total. The molecule has 0 heterocycles. The molecule has 42 heavy (non-hydrogen) atoms. The van der Waals surface area contributed by atoms with E-state index in [1.807, 2.05) is 6.92 Å². The third kappa shape index (κ3) is 8.08. The first-order chi connectivity index (χ1) is 20.0. The van der Waals surface area contributed by atoms with Crippen LogP contribution in [0.1, 0.15) is 32.3 Å². The minimum atomic E-state index is -4.28. The second-order valence-electron chi connectivity index (χ2n) is 9.44. The third-order valence-electron chi connectivity index (χ3n) is 6.62. The summed E-state index contributed by atoms with van der Waals surface area (Å²) in [6.45, 7) is 3.42. The highest BCUT2D eigenvalue weighted by Gasteiger charge is 2.33. The van der Waals surface area contributed by atoms with Gasteiger partial charge in [-0.25, -0.2) is 8.42 Å². The fourth-order valence-corrected chi connectivity index (χ4v) is 6.08. The Kier molecular flexibility index (Phi) is 11.9. The number of ether oxygens (including phenoxy) is 2. The maximum absolute atomic E-state index is 14.0. The SMILES string of the molecule is CCCCNC(=O)C(C)N(Cc1ccc(Cl)cc1Cl)C(=O)CN(c1ccccc1)S(=O)(=O)c1ccc(OC)c(OC)c1. The van der Waals surface area contributed by atoms with E-state index in [1.54, 1.807) is 55.5 Å². The predicted octanol–water partition coefficient (Wildman–Crippen LogP) is 5.54. The molecule has 0 fully saturated rings. The van der Waals surface area contributed by atoms with Crippen LogP contribution in [-0.4, -0.2) is 58.5 Å². The Bertz CT molecular complexity index is 1490. The number of halogens is 2. The molecule has 3 aromatic rings. The summed E-state index contributed by atoms with van der Waals surface area (Å²) in [6, 6.07) is 16.4. The van der Waals surface area contributed by atoms with Gasteiger partial charge in [-0.05, 0) is 55.3 Å². The molecule has 1 N–H and O–H groups in total. The Hall–Kier alpha value is -3.47. The van der Waals surface area contributed by atoms with Gasteiger partial charge >= 0.3 is 0 Å². The van der Waals surface area contributed by atoms with Crippen LogP contribution in [0.4, 0.5) is 5.69 Å². The van der Waals surface area contributed by atoms with Crippen LogP contribution in [0.3, 0.4) is 0 Å². The normalized spacial score (nSPS) is 11.9. The van der Waals surface area contributed by atoms with E-state index in [0.29, 0.717) is 27.9 Å². The zero-order chi connectivity index (χ0) is 30.9. The number of para-hydroxylation sites is 1. The van der Waals surface area contributed by atoms with Crippen LogP contribution < -0.4 is 19.1 Å². The number of benzene rings is 3. The minimum Gasteiger partial charge on any atom is -0.493 e. The molecule has 0 radical (unpaired) electrons. The van der Waals surface area contributed by atoms with Crippen molar-refractivity contribution in [3.8, 4) is 11.5 Å². The number of nitrogens with one attached hydrogen (secondary N) is 1. The van der Waals surface area contributed by atoms with Gasteiger partial charge in [0, 0.05) is 29.2 Å². The van der Waals surface area contributed by atoms with Gasteiger partial charge in [0.15, 0.2) is 11.5 Å². The van der Waals surface area contributed by atoms with Crippen LogP contribution in [0.2, 0.25) is 10.0 Å². The summed E-state index contributed by atoms with van der Waals surface area (Å²) in [5, 5.41) is 3.58. The van der Waals surface area contributed by atoms with Crippen LogP contribution in [-0.2, 0) is 26.2 Å². The fraction of sp³-hybridized carbons (Fsp3) is 0.333. The van der Waals surface area contributed by atoms with Gasteiger partial charge in [0.2, 0.25) is 11.8 Å². The van der Waals surface area contributed by atoms with Gasteiger partial charge in [0.05, 0.1) is 24.8 Å². The molecule has 0 saturated carbocycles. The lowest BCUT2D eigenvalue weighted by atomic mass is 10.1. The standard InChI is InChI=1S/C30H35Cl2N3O6S/c1-5-6-16-33-30(37)21(2)34(19-22-12-13-23(31)17-26(22)32)29(36)20-35(24-10-8-7-9-11-24)42(38,39)25-14-15-27(40-3)28(18-25)41-4/h7-15,17-18,21H,5-6,16,19-20H2,1-4H3,(H,33,37). The third-order valence-corrected chi connectivity index (χ3v) is 8.98. The lowest BCUT2D eigenvalue weighted by molar-refractivity contribution is -0.139. The Morgan fingerprint density at radius 2 is 1.64 bits per heavy atom. The fourth-order valence-electron chi connectivity index (χ4n) is 4.18. The highest BCUT2D eigenvalue weighted by atomic mass is 35.5. The molecule has 0 spiro atoms. The van der Waals surface area contributed by atoms with E-state index in [0.717, 1.165) is 17.1 Å². The Labute approximate surface area is 257 Å². The maximum Gasteiger partial charge on any atom is 0.264 e. The number of unbranched alkanes of at least 4 members (excludes halogenated alkanes) is 1. The van der Waals surface area contributed by atoms with Crippen molar-refractivity contribution in [3.63, 3.8) is 0 Å². The number of hydrogen-bond acceptors (Lipinski definition) is 6. The van der Waals surface area contributed by atoms with Crippen LogP contribution in [0, 0.1) is 0 Å². The van der Waals surface area contributed by atoms with Gasteiger partial charge in [-0.1, -0.05) is 60.8 Å². The van der Waals surface area contributed by atoms with Crippen molar-refractivity contribution in [1.82, 2.24) is 10.2 Å². The van der Waals surface area contributed by atoms with E-state index in [4.69, 9.17) is 32.7 Å². The topological polar surface area (TPSA) is 105 Å². The molecule has 1 unspecified atom stereocenters. The summed E-state index contributed by atoms with van der Waals surface area (Å²) in [7, 11) is -1.44. The summed E-state index contributed by atoms with van der Waals surface area (Å²) < 4.78 is 39.6. The zero-order valence-corrected chi connectivity index (χ0v) is 26.3. The molecule has 3 aromatic carbocycles. The zero-order valence-electron chi connectivity index (χ0n) is 24.0. The van der Waals surface area contributed by atoms with Crippen molar-refractivity contribution < 1.29 is 27.5 Å². The number of carbonyl (C=O) groups excluding carboxylic acids is 2. The summed E-state index contributed by atoms with van der Waals surface area (Å²) >= 11 is 12.5.